The number of aliphatic hydroxyl groups is 2. The van der Waals surface area contributed by atoms with Crippen LogP contribution in [0.1, 0.15) is 128 Å². The minimum Gasteiger partial charge on any atom is -0.507 e. The van der Waals surface area contributed by atoms with Crippen LogP contribution in [-0.2, 0) is 25.5 Å². The van der Waals surface area contributed by atoms with Gasteiger partial charge in [0.05, 0.1) is 12.3 Å². The van der Waals surface area contributed by atoms with Crippen molar-refractivity contribution in [3.63, 3.8) is 0 Å². The van der Waals surface area contributed by atoms with Crippen LogP contribution in [0.3, 0.4) is 0 Å². The minimum atomic E-state index is -2.74. The average Bonchev–Trinajstić information content (AvgIpc) is 3.04. The van der Waals surface area contributed by atoms with Crippen LogP contribution in [0.15, 0.2) is 0 Å². The van der Waals surface area contributed by atoms with Crippen LogP contribution in [0.5, 0.6) is 11.5 Å². The summed E-state index contributed by atoms with van der Waals surface area (Å²) in [6.45, 7) is 18.1. The Hall–Kier alpha value is -2.32. The SMILES string of the molecule is Cc1c(C)c2c(c(C)c1O)CC(C1CC(=O)OC(O)(C(C)O)OC1=O)[C@](C)(CCC[C@H](C)CCC[C@@H](C)CCCC(C)C)O2. The molecule has 8 nitrogen and oxygen atoms in total. The molecule has 2 heterocycles. The fraction of sp³-hybridized carbons (Fsp3) is 0.778. The number of benzene rings is 1. The molecule has 250 valence electrons. The molecule has 0 saturated carbocycles. The molecule has 0 radical (unpaired) electrons. The third-order valence-corrected chi connectivity index (χ3v) is 10.3. The van der Waals surface area contributed by atoms with E-state index in [1.54, 1.807) is 0 Å². The molecule has 0 spiro atoms. The van der Waals surface area contributed by atoms with E-state index in [9.17, 15) is 24.9 Å². The third-order valence-electron chi connectivity index (χ3n) is 10.3. The Kier molecular flexibility index (Phi) is 12.2. The smallest absolute Gasteiger partial charge is 0.400 e. The zero-order chi connectivity index (χ0) is 33.0. The molecule has 3 N–H and O–H groups in total. The van der Waals surface area contributed by atoms with Gasteiger partial charge >= 0.3 is 17.9 Å². The molecule has 4 unspecified atom stereocenters. The lowest BCUT2D eigenvalue weighted by molar-refractivity contribution is -0.355. The van der Waals surface area contributed by atoms with Crippen LogP contribution in [0, 0.1) is 50.4 Å². The van der Waals surface area contributed by atoms with Gasteiger partial charge in [-0.05, 0) is 88.3 Å². The number of aromatic hydroxyl groups is 1. The minimum absolute atomic E-state index is 0.196. The Labute approximate surface area is 264 Å². The standard InChI is InChI=1S/C36H58O8/c1-21(2)13-10-14-22(3)15-11-16-23(4)17-12-18-35(9)30(19-28-26(7)32(39)24(5)25(6)33(28)43-35)29-20-31(38)42-36(41,27(8)37)44-34(29)40/h21-23,27,29-30,37,39,41H,10-20H2,1-9H3/t22-,23+,27?,29?,30?,35-,36?/m0/s1. The van der Waals surface area contributed by atoms with Gasteiger partial charge in [0.25, 0.3) is 0 Å². The van der Waals surface area contributed by atoms with Crippen LogP contribution in [0.25, 0.3) is 0 Å². The Bertz CT molecular complexity index is 1160. The predicted octanol–water partition coefficient (Wildman–Crippen LogP) is 7.20. The number of phenols is 1. The molecule has 0 aliphatic carbocycles. The van der Waals surface area contributed by atoms with Crippen molar-refractivity contribution in [3.05, 3.63) is 22.3 Å². The lowest BCUT2D eigenvalue weighted by Crippen LogP contribution is -2.52. The average molecular weight is 619 g/mol. The maximum Gasteiger partial charge on any atom is 0.400 e. The molecule has 2 aliphatic heterocycles. The highest BCUT2D eigenvalue weighted by molar-refractivity contribution is 5.82. The van der Waals surface area contributed by atoms with Crippen LogP contribution in [-0.4, -0.2) is 44.9 Å². The van der Waals surface area contributed by atoms with E-state index in [1.807, 2.05) is 27.7 Å². The van der Waals surface area contributed by atoms with E-state index in [1.165, 1.54) is 45.4 Å². The summed E-state index contributed by atoms with van der Waals surface area (Å²) in [7, 11) is 0. The van der Waals surface area contributed by atoms with E-state index in [2.05, 4.69) is 27.7 Å². The van der Waals surface area contributed by atoms with Gasteiger partial charge in [-0.2, -0.15) is 0 Å². The van der Waals surface area contributed by atoms with Crippen molar-refractivity contribution in [2.45, 2.75) is 151 Å². The fourth-order valence-corrected chi connectivity index (χ4v) is 7.07. The molecule has 0 bridgehead atoms. The van der Waals surface area contributed by atoms with Gasteiger partial charge in [-0.3, -0.25) is 9.59 Å². The van der Waals surface area contributed by atoms with Crippen LogP contribution >= 0.6 is 0 Å². The van der Waals surface area contributed by atoms with E-state index in [-0.39, 0.29) is 12.2 Å². The number of phenolic OH excluding ortho intramolecular Hbond substituents is 1. The van der Waals surface area contributed by atoms with Crippen LogP contribution in [0.2, 0.25) is 0 Å². The van der Waals surface area contributed by atoms with E-state index in [4.69, 9.17) is 14.2 Å². The maximum atomic E-state index is 13.5. The van der Waals surface area contributed by atoms with E-state index in [0.717, 1.165) is 47.1 Å². The number of aliphatic hydroxyl groups excluding tert-OH is 1. The molecule has 44 heavy (non-hydrogen) atoms. The highest BCUT2D eigenvalue weighted by atomic mass is 16.9. The summed E-state index contributed by atoms with van der Waals surface area (Å²) in [6.07, 6.45) is 8.56. The second-order valence-corrected chi connectivity index (χ2v) is 14.6. The van der Waals surface area contributed by atoms with E-state index >= 15 is 0 Å². The number of carbonyl (C=O) groups is 2. The highest BCUT2D eigenvalue weighted by Crippen LogP contribution is 2.50. The van der Waals surface area contributed by atoms with Gasteiger partial charge in [0.2, 0.25) is 0 Å². The number of hydrogen-bond acceptors (Lipinski definition) is 8. The molecule has 1 aromatic carbocycles. The first kappa shape index (κ1) is 36.2. The van der Waals surface area contributed by atoms with Crippen molar-refractivity contribution in [2.24, 2.45) is 29.6 Å². The number of carbonyl (C=O) groups excluding carboxylic acids is 2. The normalized spacial score (nSPS) is 27.5. The second-order valence-electron chi connectivity index (χ2n) is 14.6. The van der Waals surface area contributed by atoms with E-state index in [0.29, 0.717) is 24.3 Å². The largest absolute Gasteiger partial charge is 0.507 e. The Morgan fingerprint density at radius 2 is 1.36 bits per heavy atom. The van der Waals surface area contributed by atoms with Crippen molar-refractivity contribution < 1.29 is 39.1 Å². The Morgan fingerprint density at radius 3 is 1.93 bits per heavy atom. The number of ether oxygens (including phenoxy) is 3. The summed E-state index contributed by atoms with van der Waals surface area (Å²) in [5, 5.41) is 31.4. The summed E-state index contributed by atoms with van der Waals surface area (Å²) in [6, 6.07) is 0. The zero-order valence-electron chi connectivity index (χ0n) is 28.6. The second kappa shape index (κ2) is 14.8. The Morgan fingerprint density at radius 1 is 0.795 bits per heavy atom. The van der Waals surface area contributed by atoms with E-state index < -0.39 is 41.5 Å². The number of rotatable bonds is 14. The topological polar surface area (TPSA) is 123 Å². The molecule has 7 atom stereocenters. The predicted molar refractivity (Wildman–Crippen MR) is 170 cm³/mol. The first-order chi connectivity index (χ1) is 20.5. The Balaban J connectivity index is 1.77. The molecule has 1 fully saturated rings. The maximum absolute atomic E-state index is 13.5. The molecular formula is C36H58O8. The van der Waals surface area contributed by atoms with Gasteiger partial charge in [0.1, 0.15) is 17.1 Å². The highest BCUT2D eigenvalue weighted by Gasteiger charge is 2.54. The van der Waals surface area contributed by atoms with Gasteiger partial charge in [-0.25, -0.2) is 0 Å². The van der Waals surface area contributed by atoms with Crippen LogP contribution in [0.4, 0.5) is 0 Å². The zero-order valence-corrected chi connectivity index (χ0v) is 28.6. The summed E-state index contributed by atoms with van der Waals surface area (Å²) in [5.74, 6) is -2.85. The fourth-order valence-electron chi connectivity index (χ4n) is 7.07. The number of esters is 2. The van der Waals surface area contributed by atoms with Gasteiger partial charge in [0.15, 0.2) is 6.10 Å². The van der Waals surface area contributed by atoms with Gasteiger partial charge < -0.3 is 29.5 Å². The summed E-state index contributed by atoms with van der Waals surface area (Å²) in [5.41, 5.74) is 2.28. The number of fused-ring (bicyclic) bond motifs is 1. The van der Waals surface area contributed by atoms with Gasteiger partial charge in [-0.1, -0.05) is 72.6 Å². The van der Waals surface area contributed by atoms with Gasteiger partial charge in [-0.15, -0.1) is 0 Å². The van der Waals surface area contributed by atoms with Crippen molar-refractivity contribution in [2.75, 3.05) is 0 Å². The lowest BCUT2D eigenvalue weighted by Gasteiger charge is -2.46. The summed E-state index contributed by atoms with van der Waals surface area (Å²) >= 11 is 0. The van der Waals surface area contributed by atoms with Crippen molar-refractivity contribution >= 4 is 11.9 Å². The lowest BCUT2D eigenvalue weighted by atomic mass is 9.69. The quantitative estimate of drug-likeness (QED) is 0.187. The summed E-state index contributed by atoms with van der Waals surface area (Å²) in [4.78, 5) is 26.3. The molecular weight excluding hydrogens is 560 g/mol. The number of cyclic esters (lactones) is 2. The molecule has 2 aliphatic rings. The number of hydrogen-bond donors (Lipinski definition) is 3. The van der Waals surface area contributed by atoms with Gasteiger partial charge in [0, 0.05) is 11.5 Å². The summed E-state index contributed by atoms with van der Waals surface area (Å²) < 4.78 is 17.1. The molecule has 0 aromatic heterocycles. The third kappa shape index (κ3) is 8.48. The van der Waals surface area contributed by atoms with Crippen molar-refractivity contribution in [1.29, 1.82) is 0 Å². The first-order valence-electron chi connectivity index (χ1n) is 16.8. The van der Waals surface area contributed by atoms with Crippen molar-refractivity contribution in [1.82, 2.24) is 0 Å². The van der Waals surface area contributed by atoms with Crippen LogP contribution < -0.4 is 4.74 Å². The molecule has 0 amide bonds. The molecule has 8 heteroatoms. The first-order valence-corrected chi connectivity index (χ1v) is 16.8. The molecule has 1 saturated heterocycles. The molecule has 1 aromatic rings. The monoisotopic (exact) mass is 618 g/mol. The van der Waals surface area contributed by atoms with Crippen molar-refractivity contribution in [3.8, 4) is 11.5 Å². The molecule has 3 rings (SSSR count).